The Morgan fingerprint density at radius 2 is 1.11 bits per heavy atom. The van der Waals surface area contributed by atoms with Gasteiger partial charge in [0.15, 0.2) is 5.71 Å². The fourth-order valence-electron chi connectivity index (χ4n) is 2.53. The van der Waals surface area contributed by atoms with Gasteiger partial charge in [-0.1, -0.05) is 29.4 Å². The first-order chi connectivity index (χ1) is 12.8. The van der Waals surface area contributed by atoms with E-state index >= 15 is 0 Å². The van der Waals surface area contributed by atoms with Crippen molar-refractivity contribution < 1.29 is 44.4 Å². The summed E-state index contributed by atoms with van der Waals surface area (Å²) in [5, 5.41) is 2.94. The third-order valence-electron chi connectivity index (χ3n) is 4.03. The molecule has 0 radical (unpaired) electrons. The fraction of sp³-hybridized carbons (Fsp3) is 0.235. The smallest absolute Gasteiger partial charge is 0.342 e. The van der Waals surface area contributed by atoms with Crippen LogP contribution in [0.25, 0.3) is 0 Å². The molecule has 0 saturated carbocycles. The van der Waals surface area contributed by atoms with E-state index in [2.05, 4.69) is 9.99 Å². The van der Waals surface area contributed by atoms with E-state index in [1.807, 2.05) is 0 Å². The zero-order chi connectivity index (χ0) is 21.0. The number of hydrogen-bond donors (Lipinski definition) is 0. The Hall–Kier alpha value is -2.72. The van der Waals surface area contributed by atoms with E-state index < -0.39 is 52.1 Å². The van der Waals surface area contributed by atoms with E-state index in [0.717, 1.165) is 0 Å². The predicted octanol–water partition coefficient (Wildman–Crippen LogP) is 5.92. The molecule has 150 valence electrons. The van der Waals surface area contributed by atoms with Gasteiger partial charge in [-0.15, -0.1) is 0 Å². The SMILES string of the molecule is FC(F)(F)c1ccc(C2=NOC(F)(c3ccc(C(F)(F)F)cc3)C2(F)F)cc1. The first-order valence-electron chi connectivity index (χ1n) is 7.45. The molecule has 1 atom stereocenters. The van der Waals surface area contributed by atoms with Gasteiger partial charge >= 0.3 is 24.1 Å². The first kappa shape index (κ1) is 20.0. The van der Waals surface area contributed by atoms with E-state index in [9.17, 15) is 39.5 Å². The number of alkyl halides is 9. The van der Waals surface area contributed by atoms with Gasteiger partial charge in [-0.2, -0.15) is 39.5 Å². The Morgan fingerprint density at radius 1 is 0.679 bits per heavy atom. The molecule has 0 aromatic heterocycles. The summed E-state index contributed by atoms with van der Waals surface area (Å²) in [5.41, 5.74) is -5.07. The maximum Gasteiger partial charge on any atom is 0.416 e. The van der Waals surface area contributed by atoms with Crippen molar-refractivity contribution in [1.82, 2.24) is 0 Å². The summed E-state index contributed by atoms with van der Waals surface area (Å²) in [4.78, 5) is 4.20. The largest absolute Gasteiger partial charge is 0.416 e. The molecule has 1 aliphatic rings. The Morgan fingerprint density at radius 3 is 1.54 bits per heavy atom. The molecule has 1 unspecified atom stereocenters. The van der Waals surface area contributed by atoms with Crippen molar-refractivity contribution in [3.05, 3.63) is 70.8 Å². The lowest BCUT2D eigenvalue weighted by atomic mass is 9.93. The van der Waals surface area contributed by atoms with Crippen LogP contribution in [0.3, 0.4) is 0 Å². The summed E-state index contributed by atoms with van der Waals surface area (Å²) in [6, 6.07) is 4.08. The van der Waals surface area contributed by atoms with Crippen LogP contribution in [-0.4, -0.2) is 11.6 Å². The van der Waals surface area contributed by atoms with Crippen molar-refractivity contribution in [2.24, 2.45) is 5.16 Å². The molecule has 2 aromatic rings. The van der Waals surface area contributed by atoms with Gasteiger partial charge in [-0.25, -0.2) is 0 Å². The van der Waals surface area contributed by atoms with Crippen molar-refractivity contribution >= 4 is 5.71 Å². The highest BCUT2D eigenvalue weighted by Crippen LogP contribution is 2.49. The molecule has 1 aliphatic heterocycles. The summed E-state index contributed by atoms with van der Waals surface area (Å²) in [6.45, 7) is 0. The van der Waals surface area contributed by atoms with Gasteiger partial charge in [0.2, 0.25) is 0 Å². The third kappa shape index (κ3) is 3.18. The predicted molar refractivity (Wildman–Crippen MR) is 78.2 cm³/mol. The van der Waals surface area contributed by atoms with Gasteiger partial charge < -0.3 is 4.84 Å². The van der Waals surface area contributed by atoms with Crippen LogP contribution in [0.1, 0.15) is 22.3 Å². The summed E-state index contributed by atoms with van der Waals surface area (Å²) >= 11 is 0. The van der Waals surface area contributed by atoms with Gasteiger partial charge in [0.05, 0.1) is 11.1 Å². The highest BCUT2D eigenvalue weighted by molar-refractivity contribution is 6.07. The summed E-state index contributed by atoms with van der Waals surface area (Å²) in [6.07, 6.45) is -9.47. The Balaban J connectivity index is 1.93. The molecule has 0 spiro atoms. The topological polar surface area (TPSA) is 21.6 Å². The monoisotopic (exact) mass is 413 g/mol. The molecule has 11 heteroatoms. The standard InChI is InChI=1S/C17H8F9NO/c18-14(19)13(9-1-3-11(4-2-9)16(21,22)23)27-28-15(14,20)10-5-7-12(8-6-10)17(24,25)26/h1-8H. The van der Waals surface area contributed by atoms with Gasteiger partial charge in [0.25, 0.3) is 0 Å². The van der Waals surface area contributed by atoms with Gasteiger partial charge in [-0.3, -0.25) is 0 Å². The molecule has 0 N–H and O–H groups in total. The first-order valence-corrected chi connectivity index (χ1v) is 7.45. The molecule has 0 amide bonds. The molecule has 2 aromatic carbocycles. The van der Waals surface area contributed by atoms with Gasteiger partial charge in [0, 0.05) is 11.1 Å². The van der Waals surface area contributed by atoms with Crippen LogP contribution >= 0.6 is 0 Å². The van der Waals surface area contributed by atoms with Crippen LogP contribution < -0.4 is 0 Å². The maximum absolute atomic E-state index is 14.9. The Bertz CT molecular complexity index is 898. The number of benzene rings is 2. The number of rotatable bonds is 2. The average Bonchev–Trinajstić information content (AvgIpc) is 2.84. The minimum Gasteiger partial charge on any atom is -0.342 e. The lowest BCUT2D eigenvalue weighted by Crippen LogP contribution is -2.44. The zero-order valence-electron chi connectivity index (χ0n) is 13.4. The molecule has 0 aliphatic carbocycles. The quantitative estimate of drug-likeness (QED) is 0.561. The number of hydrogen-bond acceptors (Lipinski definition) is 2. The van der Waals surface area contributed by atoms with Crippen LogP contribution in [0.5, 0.6) is 0 Å². The van der Waals surface area contributed by atoms with Crippen LogP contribution in [0.2, 0.25) is 0 Å². The van der Waals surface area contributed by atoms with E-state index in [4.69, 9.17) is 0 Å². The summed E-state index contributed by atoms with van der Waals surface area (Å²) in [7, 11) is 0. The normalized spacial score (nSPS) is 22.0. The van der Waals surface area contributed by atoms with E-state index in [-0.39, 0.29) is 0 Å². The Labute approximate surface area is 151 Å². The molecule has 2 nitrogen and oxygen atoms in total. The molecule has 3 rings (SSSR count). The molecule has 28 heavy (non-hydrogen) atoms. The second-order valence-corrected chi connectivity index (χ2v) is 5.85. The molecule has 1 heterocycles. The van der Waals surface area contributed by atoms with E-state index in [0.29, 0.717) is 48.5 Å². The zero-order valence-corrected chi connectivity index (χ0v) is 13.4. The minimum absolute atomic E-state index is 0.395. The minimum atomic E-state index is -4.76. The third-order valence-corrected chi connectivity index (χ3v) is 4.03. The van der Waals surface area contributed by atoms with E-state index in [1.54, 1.807) is 0 Å². The van der Waals surface area contributed by atoms with Crippen LogP contribution in [0.4, 0.5) is 39.5 Å². The van der Waals surface area contributed by atoms with Crippen molar-refractivity contribution in [3.8, 4) is 0 Å². The van der Waals surface area contributed by atoms with Crippen molar-refractivity contribution in [2.45, 2.75) is 24.1 Å². The fourth-order valence-corrected chi connectivity index (χ4v) is 2.53. The van der Waals surface area contributed by atoms with E-state index in [1.165, 1.54) is 0 Å². The summed E-state index contributed by atoms with van der Waals surface area (Å²) < 4.78 is 120. The Kier molecular flexibility index (Phi) is 4.39. The van der Waals surface area contributed by atoms with Crippen molar-refractivity contribution in [3.63, 3.8) is 0 Å². The van der Waals surface area contributed by atoms with Crippen LogP contribution in [-0.2, 0) is 23.0 Å². The molecular formula is C17H8F9NO. The van der Waals surface area contributed by atoms with Crippen LogP contribution in [0.15, 0.2) is 53.7 Å². The highest BCUT2D eigenvalue weighted by Gasteiger charge is 2.67. The number of nitrogens with zero attached hydrogens (tertiary/aromatic N) is 1. The molecule has 0 bridgehead atoms. The lowest BCUT2D eigenvalue weighted by molar-refractivity contribution is -0.236. The second-order valence-electron chi connectivity index (χ2n) is 5.85. The summed E-state index contributed by atoms with van der Waals surface area (Å²) in [5.74, 6) is -8.40. The number of oxime groups is 1. The molecular weight excluding hydrogens is 405 g/mol. The lowest BCUT2D eigenvalue weighted by Gasteiger charge is -2.25. The highest BCUT2D eigenvalue weighted by atomic mass is 19.4. The maximum atomic E-state index is 14.9. The van der Waals surface area contributed by atoms with Gasteiger partial charge in [-0.05, 0) is 24.3 Å². The molecule has 0 saturated heterocycles. The number of halogens is 9. The van der Waals surface area contributed by atoms with Crippen LogP contribution in [0, 0.1) is 0 Å². The molecule has 0 fully saturated rings. The van der Waals surface area contributed by atoms with Gasteiger partial charge in [0.1, 0.15) is 0 Å². The average molecular weight is 413 g/mol. The second kappa shape index (κ2) is 6.14. The van der Waals surface area contributed by atoms with Crippen molar-refractivity contribution in [1.29, 1.82) is 0 Å². The van der Waals surface area contributed by atoms with Crippen molar-refractivity contribution in [2.75, 3.05) is 0 Å².